The number of carbonyl (C=O) groups excluding carboxylic acids is 4. The number of alkyl halides is 3. The van der Waals surface area contributed by atoms with Crippen molar-refractivity contribution in [2.24, 2.45) is 5.41 Å². The molecule has 5 rings (SSSR count). The van der Waals surface area contributed by atoms with Gasteiger partial charge in [0, 0.05) is 39.0 Å². The first kappa shape index (κ1) is 45.2. The summed E-state index contributed by atoms with van der Waals surface area (Å²) in [5.41, 5.74) is -0.194. The Balaban J connectivity index is 1.45. The number of benzene rings is 2. The number of amides is 4. The second-order valence-corrected chi connectivity index (χ2v) is 16.9. The fourth-order valence-electron chi connectivity index (χ4n) is 6.70. The number of carbonyl (C=O) groups is 4. The largest absolute Gasteiger partial charge is 0.573 e. The molecule has 4 atom stereocenters. The van der Waals surface area contributed by atoms with Gasteiger partial charge in [-0.1, -0.05) is 39.0 Å². The highest BCUT2D eigenvalue weighted by atomic mass is 19.4. The molecule has 17 heteroatoms. The third-order valence-electron chi connectivity index (χ3n) is 9.95. The summed E-state index contributed by atoms with van der Waals surface area (Å²) in [6, 6.07) is 13.3. The van der Waals surface area contributed by atoms with Gasteiger partial charge in [-0.3, -0.25) is 19.3 Å². The molecule has 60 heavy (non-hydrogen) atoms. The van der Waals surface area contributed by atoms with Crippen LogP contribution >= 0.6 is 0 Å². The van der Waals surface area contributed by atoms with E-state index in [9.17, 15) is 36.7 Å². The molecule has 0 spiro atoms. The smallest absolute Gasteiger partial charge is 0.489 e. The molecule has 324 valence electrons. The number of likely N-dealkylation sites (tertiary alicyclic amines) is 1. The summed E-state index contributed by atoms with van der Waals surface area (Å²) in [6.07, 6.45) is -2.39. The molecule has 4 unspecified atom stereocenters. The van der Waals surface area contributed by atoms with Crippen LogP contribution in [-0.2, 0) is 20.7 Å². The predicted molar refractivity (Wildman–Crippen MR) is 214 cm³/mol. The van der Waals surface area contributed by atoms with E-state index < -0.39 is 77.0 Å². The van der Waals surface area contributed by atoms with Crippen LogP contribution in [0.1, 0.15) is 70.9 Å². The van der Waals surface area contributed by atoms with Crippen molar-refractivity contribution in [2.45, 2.75) is 97.5 Å². The molecule has 2 aromatic carbocycles. The van der Waals surface area contributed by atoms with E-state index in [0.29, 0.717) is 12.1 Å². The van der Waals surface area contributed by atoms with Crippen LogP contribution < -0.4 is 14.8 Å². The third kappa shape index (κ3) is 12.1. The number of likely N-dealkylation sites (N-methyl/N-ethyl adjacent to an activating group) is 1. The van der Waals surface area contributed by atoms with Crippen molar-refractivity contribution in [1.29, 1.82) is 0 Å². The van der Waals surface area contributed by atoms with E-state index in [1.165, 1.54) is 38.2 Å². The maximum Gasteiger partial charge on any atom is 0.573 e. The van der Waals surface area contributed by atoms with Crippen LogP contribution in [0.4, 0.5) is 22.4 Å². The van der Waals surface area contributed by atoms with Crippen LogP contribution in [0.15, 0.2) is 79.1 Å². The molecule has 1 aliphatic heterocycles. The Hall–Kier alpha value is -5.87. The summed E-state index contributed by atoms with van der Waals surface area (Å²) in [5.74, 6) is -2.13. The van der Waals surface area contributed by atoms with E-state index in [4.69, 9.17) is 9.47 Å². The van der Waals surface area contributed by atoms with Crippen molar-refractivity contribution in [3.05, 3.63) is 96.2 Å². The third-order valence-corrected chi connectivity index (χ3v) is 9.95. The summed E-state index contributed by atoms with van der Waals surface area (Å²) in [4.78, 5) is 64.6. The first-order valence-electron chi connectivity index (χ1n) is 19.5. The summed E-state index contributed by atoms with van der Waals surface area (Å²) < 4.78 is 69.7. The molecule has 1 aliphatic rings. The first-order valence-corrected chi connectivity index (χ1v) is 19.5. The van der Waals surface area contributed by atoms with Gasteiger partial charge in [0.15, 0.2) is 0 Å². The van der Waals surface area contributed by atoms with Gasteiger partial charge in [0.2, 0.25) is 11.8 Å². The number of fused-ring (bicyclic) bond motifs is 1. The Labute approximate surface area is 346 Å². The van der Waals surface area contributed by atoms with Gasteiger partial charge >= 0.3 is 12.5 Å². The van der Waals surface area contributed by atoms with Crippen LogP contribution in [0.2, 0.25) is 0 Å². The zero-order valence-electron chi connectivity index (χ0n) is 35.0. The van der Waals surface area contributed by atoms with E-state index >= 15 is 0 Å². The Morgan fingerprint density at radius 2 is 1.58 bits per heavy atom. The lowest BCUT2D eigenvalue weighted by atomic mass is 9.85. The molecule has 4 aromatic rings. The standard InChI is InChI=1S/C43H52F4N6O7/c1-27(50(8)40(57)60-42(5,6)7)37(54)49-36(41(2,3)4)39(56)53-25-33(58-31-16-18-32(19-17-31)59-43(45,46)47)23-30(53)24-52(22-20-28-12-14-29(44)15-13-28)38(55)34-26-51-21-10-9-11-35(51)48-34/h9-19,21,26-27,30,33,36H,20,22-25H2,1-8H3,(H,49,54). The number of nitrogens with one attached hydrogen (secondary N) is 1. The first-order chi connectivity index (χ1) is 28.0. The zero-order chi connectivity index (χ0) is 44.2. The molecule has 2 aromatic heterocycles. The van der Waals surface area contributed by atoms with Gasteiger partial charge in [0.05, 0.1) is 12.6 Å². The van der Waals surface area contributed by atoms with E-state index in [-0.39, 0.29) is 37.5 Å². The molecule has 1 saturated heterocycles. The average molecular weight is 841 g/mol. The van der Waals surface area contributed by atoms with Gasteiger partial charge in [-0.2, -0.15) is 0 Å². The molecule has 1 fully saturated rings. The lowest BCUT2D eigenvalue weighted by Gasteiger charge is -2.38. The van der Waals surface area contributed by atoms with Gasteiger partial charge in [-0.15, -0.1) is 13.2 Å². The second-order valence-electron chi connectivity index (χ2n) is 16.9. The molecular formula is C43H52F4N6O7. The minimum absolute atomic E-state index is 0.000451. The average Bonchev–Trinajstić information content (AvgIpc) is 3.78. The van der Waals surface area contributed by atoms with Crippen molar-refractivity contribution in [3.63, 3.8) is 0 Å². The molecule has 4 amide bonds. The molecule has 0 saturated carbocycles. The monoisotopic (exact) mass is 840 g/mol. The maximum atomic E-state index is 14.9. The lowest BCUT2D eigenvalue weighted by Crippen LogP contribution is -2.60. The fourth-order valence-corrected chi connectivity index (χ4v) is 6.70. The van der Waals surface area contributed by atoms with Crippen LogP contribution in [0.25, 0.3) is 5.65 Å². The number of hydrogen-bond donors (Lipinski definition) is 1. The number of imidazole rings is 1. The van der Waals surface area contributed by atoms with Crippen LogP contribution in [-0.4, -0.2) is 111 Å². The maximum absolute atomic E-state index is 14.9. The van der Waals surface area contributed by atoms with Gasteiger partial charge in [0.25, 0.3) is 5.91 Å². The molecule has 0 bridgehead atoms. The van der Waals surface area contributed by atoms with Crippen molar-refractivity contribution < 1.29 is 51.0 Å². The lowest BCUT2D eigenvalue weighted by molar-refractivity contribution is -0.274. The minimum Gasteiger partial charge on any atom is -0.489 e. The highest BCUT2D eigenvalue weighted by Gasteiger charge is 2.45. The number of aromatic nitrogens is 2. The molecule has 0 aliphatic carbocycles. The topological polar surface area (TPSA) is 135 Å². The van der Waals surface area contributed by atoms with E-state index in [2.05, 4.69) is 15.0 Å². The fraction of sp³-hybridized carbons (Fsp3) is 0.465. The SMILES string of the molecule is CC(C(=O)NC(C(=O)N1CC(Oc2ccc(OC(F)(F)F)cc2)CC1CN(CCc1ccc(F)cc1)C(=O)c1cn2ccccc2n1)C(C)(C)C)N(C)C(=O)OC(C)(C)C. The second kappa shape index (κ2) is 18.2. The van der Waals surface area contributed by atoms with Crippen molar-refractivity contribution in [1.82, 2.24) is 29.4 Å². The Bertz CT molecular complexity index is 2100. The van der Waals surface area contributed by atoms with Crippen LogP contribution in [0.3, 0.4) is 0 Å². The van der Waals surface area contributed by atoms with Crippen molar-refractivity contribution in [3.8, 4) is 11.5 Å². The minimum atomic E-state index is -4.88. The Kier molecular flexibility index (Phi) is 13.7. The number of rotatable bonds is 13. The van der Waals surface area contributed by atoms with Crippen molar-refractivity contribution in [2.75, 3.05) is 26.7 Å². The molecular weight excluding hydrogens is 788 g/mol. The summed E-state index contributed by atoms with van der Waals surface area (Å²) in [5, 5.41) is 2.86. The van der Waals surface area contributed by atoms with Crippen LogP contribution in [0, 0.1) is 11.2 Å². The number of hydrogen-bond acceptors (Lipinski definition) is 8. The van der Waals surface area contributed by atoms with Crippen LogP contribution in [0.5, 0.6) is 11.5 Å². The summed E-state index contributed by atoms with van der Waals surface area (Å²) >= 11 is 0. The van der Waals surface area contributed by atoms with Gasteiger partial charge in [-0.25, -0.2) is 14.2 Å². The van der Waals surface area contributed by atoms with Crippen molar-refractivity contribution >= 4 is 29.5 Å². The number of ether oxygens (including phenoxy) is 3. The van der Waals surface area contributed by atoms with E-state index in [0.717, 1.165) is 22.6 Å². The van der Waals surface area contributed by atoms with Gasteiger partial charge in [0.1, 0.15) is 52.4 Å². The highest BCUT2D eigenvalue weighted by Crippen LogP contribution is 2.31. The zero-order valence-corrected chi connectivity index (χ0v) is 35.0. The molecule has 3 heterocycles. The van der Waals surface area contributed by atoms with Gasteiger partial charge in [-0.05, 0) is 93.6 Å². The van der Waals surface area contributed by atoms with E-state index in [1.807, 2.05) is 0 Å². The normalized spacial score (nSPS) is 16.8. The number of nitrogens with zero attached hydrogens (tertiary/aromatic N) is 5. The number of halogens is 4. The molecule has 1 N–H and O–H groups in total. The quantitative estimate of drug-likeness (QED) is 0.144. The summed E-state index contributed by atoms with van der Waals surface area (Å²) in [6.45, 7) is 12.1. The summed E-state index contributed by atoms with van der Waals surface area (Å²) in [7, 11) is 1.42. The Morgan fingerprint density at radius 3 is 2.18 bits per heavy atom. The Morgan fingerprint density at radius 1 is 0.933 bits per heavy atom. The highest BCUT2D eigenvalue weighted by molar-refractivity contribution is 5.93. The van der Waals surface area contributed by atoms with E-state index in [1.54, 1.807) is 98.5 Å². The molecule has 13 nitrogen and oxygen atoms in total. The van der Waals surface area contributed by atoms with Gasteiger partial charge < -0.3 is 33.7 Å². The predicted octanol–water partition coefficient (Wildman–Crippen LogP) is 6.89. The molecule has 0 radical (unpaired) electrons. The number of pyridine rings is 1.